The molecule has 1 saturated carbocycles. The molecule has 0 spiro atoms. The number of nitrogens with one attached hydrogen (secondary N) is 1. The number of anilines is 1. The fourth-order valence-corrected chi connectivity index (χ4v) is 3.75. The normalized spacial score (nSPS) is 17.9. The summed E-state index contributed by atoms with van der Waals surface area (Å²) >= 11 is 0. The van der Waals surface area contributed by atoms with E-state index in [2.05, 4.69) is 14.5 Å². The summed E-state index contributed by atoms with van der Waals surface area (Å²) in [5, 5.41) is 3.33. The van der Waals surface area contributed by atoms with E-state index in [1.807, 2.05) is 0 Å². The van der Waals surface area contributed by atoms with Crippen molar-refractivity contribution in [1.82, 2.24) is 4.98 Å². The minimum Gasteiger partial charge on any atom is -0.376 e. The summed E-state index contributed by atoms with van der Waals surface area (Å²) in [5.74, 6) is -0.709. The Balaban J connectivity index is 1.59. The highest BCUT2D eigenvalue weighted by molar-refractivity contribution is 7.87. The zero-order chi connectivity index (χ0) is 20.9. The first kappa shape index (κ1) is 19.7. The van der Waals surface area contributed by atoms with Crippen LogP contribution >= 0.6 is 0 Å². The lowest BCUT2D eigenvalue weighted by Gasteiger charge is -2.22. The smallest absolute Gasteiger partial charge is 0.376 e. The van der Waals surface area contributed by atoms with E-state index in [1.165, 1.54) is 24.3 Å². The molecule has 0 aliphatic heterocycles. The van der Waals surface area contributed by atoms with Gasteiger partial charge in [-0.2, -0.15) is 21.6 Å². The Labute approximate surface area is 164 Å². The topological polar surface area (TPSA) is 68.3 Å². The van der Waals surface area contributed by atoms with Crippen LogP contribution in [0.15, 0.2) is 42.5 Å². The molecule has 0 unspecified atom stereocenters. The number of pyridine rings is 1. The Morgan fingerprint density at radius 2 is 1.76 bits per heavy atom. The van der Waals surface area contributed by atoms with Crippen molar-refractivity contribution in [2.75, 3.05) is 5.32 Å². The van der Waals surface area contributed by atoms with E-state index in [-0.39, 0.29) is 17.1 Å². The van der Waals surface area contributed by atoms with E-state index >= 15 is 0 Å². The molecule has 0 saturated heterocycles. The van der Waals surface area contributed by atoms with Gasteiger partial charge in [0.2, 0.25) is 0 Å². The summed E-state index contributed by atoms with van der Waals surface area (Å²) in [6, 6.07) is 9.09. The van der Waals surface area contributed by atoms with Gasteiger partial charge in [0.25, 0.3) is 0 Å². The standard InChI is InChI=1S/C19H16F4N2O3S/c20-12-4-6-13(7-5-12)25-18(10-11-18)17-9-8-14-15(24-17)2-1-3-16(14)28-29(26,27)19(21,22)23/h3-9,25H,1-2,10-11H2. The van der Waals surface area contributed by atoms with Gasteiger partial charge in [0.05, 0.1) is 16.9 Å². The Kier molecular flexibility index (Phi) is 4.56. The number of aryl methyl sites for hydroxylation is 1. The number of benzene rings is 1. The fraction of sp³-hybridized carbons (Fsp3) is 0.316. The van der Waals surface area contributed by atoms with Crippen LogP contribution in [-0.2, 0) is 26.3 Å². The number of allylic oxidation sites excluding steroid dienone is 1. The van der Waals surface area contributed by atoms with Gasteiger partial charge in [-0.1, -0.05) is 0 Å². The summed E-state index contributed by atoms with van der Waals surface area (Å²) in [4.78, 5) is 4.57. The van der Waals surface area contributed by atoms with Crippen LogP contribution in [0.3, 0.4) is 0 Å². The molecule has 2 aliphatic rings. The van der Waals surface area contributed by atoms with Gasteiger partial charge in [-0.05, 0) is 68.2 Å². The molecule has 1 fully saturated rings. The number of nitrogens with zero attached hydrogens (tertiary/aromatic N) is 1. The molecular formula is C19H16F4N2O3S. The predicted octanol–water partition coefficient (Wildman–Crippen LogP) is 4.48. The zero-order valence-corrected chi connectivity index (χ0v) is 15.8. The maximum Gasteiger partial charge on any atom is 0.534 e. The van der Waals surface area contributed by atoms with Gasteiger partial charge in [0, 0.05) is 11.3 Å². The number of alkyl halides is 3. The summed E-state index contributed by atoms with van der Waals surface area (Å²) in [6.45, 7) is 0. The van der Waals surface area contributed by atoms with Crippen LogP contribution in [0, 0.1) is 5.82 Å². The second-order valence-electron chi connectivity index (χ2n) is 6.99. The lowest BCUT2D eigenvalue weighted by atomic mass is 9.99. The molecule has 5 nitrogen and oxygen atoms in total. The Bertz CT molecular complexity index is 1080. The molecule has 2 aliphatic carbocycles. The minimum absolute atomic E-state index is 0.227. The van der Waals surface area contributed by atoms with Gasteiger partial charge in [-0.25, -0.2) is 4.39 Å². The van der Waals surface area contributed by atoms with E-state index in [4.69, 9.17) is 0 Å². The summed E-state index contributed by atoms with van der Waals surface area (Å²) in [6.07, 6.45) is 3.66. The van der Waals surface area contributed by atoms with Gasteiger partial charge in [0.15, 0.2) is 0 Å². The van der Waals surface area contributed by atoms with Gasteiger partial charge < -0.3 is 9.50 Å². The van der Waals surface area contributed by atoms with Crippen LogP contribution in [-0.4, -0.2) is 18.9 Å². The van der Waals surface area contributed by atoms with Crippen LogP contribution < -0.4 is 5.32 Å². The van der Waals surface area contributed by atoms with Gasteiger partial charge in [0.1, 0.15) is 11.6 Å². The Hall–Kier alpha value is -2.62. The van der Waals surface area contributed by atoms with Crippen molar-refractivity contribution in [3.63, 3.8) is 0 Å². The first-order valence-electron chi connectivity index (χ1n) is 8.85. The van der Waals surface area contributed by atoms with Crippen molar-refractivity contribution < 1.29 is 30.2 Å². The Morgan fingerprint density at radius 1 is 1.07 bits per heavy atom. The quantitative estimate of drug-likeness (QED) is 0.432. The molecule has 1 heterocycles. The van der Waals surface area contributed by atoms with Crippen LogP contribution in [0.5, 0.6) is 0 Å². The lowest BCUT2D eigenvalue weighted by molar-refractivity contribution is -0.0509. The van der Waals surface area contributed by atoms with Crippen LogP contribution in [0.4, 0.5) is 23.2 Å². The lowest BCUT2D eigenvalue weighted by Crippen LogP contribution is -2.26. The summed E-state index contributed by atoms with van der Waals surface area (Å²) in [5.41, 5.74) is -3.82. The summed E-state index contributed by atoms with van der Waals surface area (Å²) < 4.78 is 78.0. The van der Waals surface area contributed by atoms with Crippen molar-refractivity contribution >= 4 is 21.6 Å². The Morgan fingerprint density at radius 3 is 2.38 bits per heavy atom. The molecule has 0 amide bonds. The molecule has 1 aromatic carbocycles. The average molecular weight is 428 g/mol. The van der Waals surface area contributed by atoms with Crippen molar-refractivity contribution in [3.05, 3.63) is 65.2 Å². The van der Waals surface area contributed by atoms with Gasteiger partial charge >= 0.3 is 15.6 Å². The zero-order valence-electron chi connectivity index (χ0n) is 15.0. The first-order valence-corrected chi connectivity index (χ1v) is 10.3. The predicted molar refractivity (Wildman–Crippen MR) is 97.5 cm³/mol. The third-order valence-electron chi connectivity index (χ3n) is 4.90. The van der Waals surface area contributed by atoms with Crippen molar-refractivity contribution in [2.45, 2.75) is 36.7 Å². The van der Waals surface area contributed by atoms with Crippen LogP contribution in [0.1, 0.15) is 36.2 Å². The van der Waals surface area contributed by atoms with E-state index in [9.17, 15) is 26.0 Å². The van der Waals surface area contributed by atoms with Crippen molar-refractivity contribution in [1.29, 1.82) is 0 Å². The maximum absolute atomic E-state index is 13.1. The monoisotopic (exact) mass is 428 g/mol. The fourth-order valence-electron chi connectivity index (χ4n) is 3.26. The molecule has 29 heavy (non-hydrogen) atoms. The molecule has 10 heteroatoms. The second kappa shape index (κ2) is 6.72. The highest BCUT2D eigenvalue weighted by Gasteiger charge is 2.49. The second-order valence-corrected chi connectivity index (χ2v) is 8.53. The van der Waals surface area contributed by atoms with Crippen LogP contribution in [0.25, 0.3) is 5.76 Å². The number of fused-ring (bicyclic) bond motifs is 1. The number of halogens is 4. The molecule has 0 radical (unpaired) electrons. The summed E-state index contributed by atoms with van der Waals surface area (Å²) in [7, 11) is -5.75. The molecule has 0 atom stereocenters. The molecule has 1 aromatic heterocycles. The molecule has 1 N–H and O–H groups in total. The molecule has 154 valence electrons. The van der Waals surface area contributed by atoms with E-state index < -0.39 is 21.2 Å². The molecule has 4 rings (SSSR count). The number of rotatable bonds is 5. The van der Waals surface area contributed by atoms with Crippen LogP contribution in [0.2, 0.25) is 0 Å². The van der Waals surface area contributed by atoms with Gasteiger partial charge in [-0.3, -0.25) is 4.98 Å². The largest absolute Gasteiger partial charge is 0.534 e. The third kappa shape index (κ3) is 3.81. The SMILES string of the molecule is O=S(=O)(OC1=CCCc2nc(C3(Nc4ccc(F)cc4)CC3)ccc21)C(F)(F)F. The van der Waals surface area contributed by atoms with Crippen molar-refractivity contribution in [3.8, 4) is 0 Å². The maximum atomic E-state index is 13.1. The van der Waals surface area contributed by atoms with Crippen molar-refractivity contribution in [2.24, 2.45) is 0 Å². The minimum atomic E-state index is -5.75. The van der Waals surface area contributed by atoms with E-state index in [0.717, 1.165) is 18.5 Å². The highest BCUT2D eigenvalue weighted by atomic mass is 32.2. The van der Waals surface area contributed by atoms with E-state index in [0.29, 0.717) is 24.2 Å². The highest BCUT2D eigenvalue weighted by Crippen LogP contribution is 2.48. The molecule has 0 bridgehead atoms. The van der Waals surface area contributed by atoms with E-state index in [1.54, 1.807) is 18.2 Å². The number of hydrogen-bond donors (Lipinski definition) is 1. The first-order chi connectivity index (χ1) is 13.6. The molecular weight excluding hydrogens is 412 g/mol. The number of aromatic nitrogens is 1. The third-order valence-corrected chi connectivity index (χ3v) is 5.87. The van der Waals surface area contributed by atoms with Gasteiger partial charge in [-0.15, -0.1) is 0 Å². The average Bonchev–Trinajstić information content (AvgIpc) is 3.43. The number of hydrogen-bond acceptors (Lipinski definition) is 5. The molecule has 2 aromatic rings.